The normalized spacial score (nSPS) is 19.5. The van der Waals surface area contributed by atoms with E-state index in [1.54, 1.807) is 27.8 Å². The largest absolute Gasteiger partial charge is 0.244 e. The van der Waals surface area contributed by atoms with Gasteiger partial charge in [0.05, 0.1) is 4.90 Å². The average molecular weight is 451 g/mol. The van der Waals surface area contributed by atoms with Gasteiger partial charge in [-0.1, -0.05) is 15.9 Å². The lowest BCUT2D eigenvalue weighted by atomic mass is 10.0. The van der Waals surface area contributed by atoms with Crippen molar-refractivity contribution in [3.63, 3.8) is 0 Å². The van der Waals surface area contributed by atoms with Crippen LogP contribution in [0.1, 0.15) is 23.4 Å². The summed E-state index contributed by atoms with van der Waals surface area (Å²) in [6, 6.07) is 7.12. The molecule has 112 valence electrons. The summed E-state index contributed by atoms with van der Waals surface area (Å²) in [5.74, 6) is 0. The van der Waals surface area contributed by atoms with Gasteiger partial charge in [-0.15, -0.1) is 11.3 Å². The van der Waals surface area contributed by atoms with Gasteiger partial charge in [-0.25, -0.2) is 8.42 Å². The zero-order valence-electron chi connectivity index (χ0n) is 11.2. The summed E-state index contributed by atoms with van der Waals surface area (Å²) in [5, 5.41) is 2.03. The van der Waals surface area contributed by atoms with Crippen molar-refractivity contribution in [1.29, 1.82) is 0 Å². The molecule has 0 bridgehead atoms. The lowest BCUT2D eigenvalue weighted by molar-refractivity contribution is 0.329. The quantitative estimate of drug-likeness (QED) is 0.671. The van der Waals surface area contributed by atoms with E-state index in [1.807, 2.05) is 24.4 Å². The molecule has 2 heterocycles. The Morgan fingerprint density at radius 1 is 1.29 bits per heavy atom. The Morgan fingerprint density at radius 2 is 2.05 bits per heavy atom. The van der Waals surface area contributed by atoms with Gasteiger partial charge in [0.15, 0.2) is 0 Å². The summed E-state index contributed by atoms with van der Waals surface area (Å²) in [6.07, 6.45) is 0.780. The zero-order valence-corrected chi connectivity index (χ0v) is 16.0. The van der Waals surface area contributed by atoms with Crippen molar-refractivity contribution in [2.24, 2.45) is 0 Å². The Bertz CT molecular complexity index is 786. The van der Waals surface area contributed by atoms with Crippen LogP contribution in [-0.2, 0) is 16.4 Å². The highest BCUT2D eigenvalue weighted by Gasteiger charge is 2.35. The molecule has 0 spiro atoms. The van der Waals surface area contributed by atoms with Gasteiger partial charge in [0.1, 0.15) is 0 Å². The SMILES string of the molecule is CC1c2ccsc2CCN1S(=O)(=O)c1cc(Br)ccc1Br. The van der Waals surface area contributed by atoms with Crippen LogP contribution in [0.15, 0.2) is 43.5 Å². The number of benzene rings is 1. The first kappa shape index (κ1) is 15.7. The second-order valence-electron chi connectivity index (χ2n) is 4.92. The van der Waals surface area contributed by atoms with Gasteiger partial charge in [0, 0.05) is 26.4 Å². The van der Waals surface area contributed by atoms with Crippen LogP contribution in [0.3, 0.4) is 0 Å². The second-order valence-corrected chi connectivity index (χ2v) is 9.55. The van der Waals surface area contributed by atoms with Gasteiger partial charge in [-0.2, -0.15) is 4.31 Å². The van der Waals surface area contributed by atoms with Crippen LogP contribution in [0.4, 0.5) is 0 Å². The van der Waals surface area contributed by atoms with Gasteiger partial charge in [-0.05, 0) is 64.5 Å². The highest BCUT2D eigenvalue weighted by Crippen LogP contribution is 2.38. The van der Waals surface area contributed by atoms with Gasteiger partial charge in [0.25, 0.3) is 0 Å². The molecule has 0 fully saturated rings. The van der Waals surface area contributed by atoms with Crippen molar-refractivity contribution in [1.82, 2.24) is 4.31 Å². The standard InChI is InChI=1S/C14H13Br2NO2S2/c1-9-11-5-7-20-13(11)4-6-17(9)21(18,19)14-8-10(15)2-3-12(14)16/h2-3,5,7-9H,4,6H2,1H3. The Balaban J connectivity index is 2.05. The summed E-state index contributed by atoms with van der Waals surface area (Å²) >= 11 is 8.40. The molecule has 3 nitrogen and oxygen atoms in total. The Hall–Kier alpha value is -0.210. The molecule has 1 aromatic heterocycles. The average Bonchev–Trinajstić information content (AvgIpc) is 2.91. The third kappa shape index (κ3) is 2.74. The first-order valence-corrected chi connectivity index (χ1v) is 10.3. The van der Waals surface area contributed by atoms with Crippen LogP contribution >= 0.6 is 43.2 Å². The number of hydrogen-bond acceptors (Lipinski definition) is 3. The van der Waals surface area contributed by atoms with Crippen LogP contribution in [0.5, 0.6) is 0 Å². The molecule has 0 aliphatic carbocycles. The summed E-state index contributed by atoms with van der Waals surface area (Å²) in [7, 11) is -3.52. The fourth-order valence-corrected chi connectivity index (χ4v) is 6.66. The smallest absolute Gasteiger partial charge is 0.207 e. The van der Waals surface area contributed by atoms with E-state index < -0.39 is 10.0 Å². The number of rotatable bonds is 2. The maximum absolute atomic E-state index is 13.0. The van der Waals surface area contributed by atoms with Crippen molar-refractivity contribution >= 4 is 53.2 Å². The van der Waals surface area contributed by atoms with Crippen molar-refractivity contribution in [2.45, 2.75) is 24.3 Å². The lowest BCUT2D eigenvalue weighted by Crippen LogP contribution is -2.38. The molecule has 0 saturated heterocycles. The maximum Gasteiger partial charge on any atom is 0.244 e. The third-order valence-corrected chi connectivity index (χ3v) is 8.15. The minimum atomic E-state index is -3.52. The Morgan fingerprint density at radius 3 is 2.81 bits per heavy atom. The number of nitrogens with zero attached hydrogens (tertiary/aromatic N) is 1. The van der Waals surface area contributed by atoms with E-state index in [0.29, 0.717) is 15.9 Å². The fraction of sp³-hybridized carbons (Fsp3) is 0.286. The Labute approximate surface area is 145 Å². The molecule has 0 radical (unpaired) electrons. The number of hydrogen-bond donors (Lipinski definition) is 0. The first-order valence-electron chi connectivity index (χ1n) is 6.44. The van der Waals surface area contributed by atoms with Crippen LogP contribution < -0.4 is 0 Å². The predicted molar refractivity (Wildman–Crippen MR) is 92.2 cm³/mol. The summed E-state index contributed by atoms with van der Waals surface area (Å²) in [6.45, 7) is 2.48. The van der Waals surface area contributed by atoms with Crippen LogP contribution in [0.2, 0.25) is 0 Å². The van der Waals surface area contributed by atoms with Crippen molar-refractivity contribution in [2.75, 3.05) is 6.54 Å². The fourth-order valence-electron chi connectivity index (χ4n) is 2.62. The number of halogens is 2. The number of sulfonamides is 1. The third-order valence-electron chi connectivity index (χ3n) is 3.70. The van der Waals surface area contributed by atoms with E-state index >= 15 is 0 Å². The van der Waals surface area contributed by atoms with E-state index in [2.05, 4.69) is 31.9 Å². The molecular formula is C14H13Br2NO2S2. The first-order chi connectivity index (χ1) is 9.91. The van der Waals surface area contributed by atoms with E-state index in [0.717, 1.165) is 16.5 Å². The molecule has 1 unspecified atom stereocenters. The van der Waals surface area contributed by atoms with E-state index in [4.69, 9.17) is 0 Å². The van der Waals surface area contributed by atoms with E-state index in [-0.39, 0.29) is 6.04 Å². The van der Waals surface area contributed by atoms with E-state index in [1.165, 1.54) is 4.88 Å². The molecule has 1 atom stereocenters. The van der Waals surface area contributed by atoms with Gasteiger partial charge >= 0.3 is 0 Å². The number of thiophene rings is 1. The molecule has 2 aromatic rings. The lowest BCUT2D eigenvalue weighted by Gasteiger charge is -2.32. The summed E-state index contributed by atoms with van der Waals surface area (Å²) < 4.78 is 28.9. The minimum absolute atomic E-state index is 0.129. The summed E-state index contributed by atoms with van der Waals surface area (Å²) in [5.41, 5.74) is 1.13. The van der Waals surface area contributed by atoms with Gasteiger partial charge < -0.3 is 0 Å². The monoisotopic (exact) mass is 449 g/mol. The van der Waals surface area contributed by atoms with Crippen LogP contribution in [-0.4, -0.2) is 19.3 Å². The molecule has 0 amide bonds. The molecule has 21 heavy (non-hydrogen) atoms. The molecule has 0 saturated carbocycles. The minimum Gasteiger partial charge on any atom is -0.207 e. The second kappa shape index (κ2) is 5.77. The molecule has 1 aromatic carbocycles. The molecule has 3 rings (SSSR count). The Kier molecular flexibility index (Phi) is 4.31. The molecule has 0 N–H and O–H groups in total. The van der Waals surface area contributed by atoms with Crippen molar-refractivity contribution in [3.05, 3.63) is 49.0 Å². The summed E-state index contributed by atoms with van der Waals surface area (Å²) in [4.78, 5) is 1.60. The molecular weight excluding hydrogens is 438 g/mol. The highest BCUT2D eigenvalue weighted by atomic mass is 79.9. The van der Waals surface area contributed by atoms with Crippen molar-refractivity contribution < 1.29 is 8.42 Å². The van der Waals surface area contributed by atoms with Crippen molar-refractivity contribution in [3.8, 4) is 0 Å². The zero-order chi connectivity index (χ0) is 15.2. The van der Waals surface area contributed by atoms with Crippen LogP contribution in [0, 0.1) is 0 Å². The molecule has 1 aliphatic rings. The molecule has 7 heteroatoms. The highest BCUT2D eigenvalue weighted by molar-refractivity contribution is 9.11. The molecule has 1 aliphatic heterocycles. The topological polar surface area (TPSA) is 37.4 Å². The maximum atomic E-state index is 13.0. The van der Waals surface area contributed by atoms with Gasteiger partial charge in [-0.3, -0.25) is 0 Å². The predicted octanol–water partition coefficient (Wildman–Crippen LogP) is 4.58. The van der Waals surface area contributed by atoms with Gasteiger partial charge in [0.2, 0.25) is 10.0 Å². The number of fused-ring (bicyclic) bond motifs is 1. The van der Waals surface area contributed by atoms with E-state index in [9.17, 15) is 8.42 Å². The van der Waals surface area contributed by atoms with Crippen LogP contribution in [0.25, 0.3) is 0 Å².